The topological polar surface area (TPSA) is 83.8 Å². The Labute approximate surface area is 93.1 Å². The third-order valence-electron chi connectivity index (χ3n) is 1.98. The van der Waals surface area contributed by atoms with Crippen molar-refractivity contribution >= 4 is 18.6 Å². The smallest absolute Gasteiger partial charge is 0.343 e. The molecule has 1 aromatic carbocycles. The molecule has 5 nitrogen and oxygen atoms in total. The first-order chi connectivity index (χ1) is 7.52. The minimum Gasteiger partial charge on any atom is -0.479 e. The lowest BCUT2D eigenvalue weighted by Gasteiger charge is -2.20. The van der Waals surface area contributed by atoms with Crippen LogP contribution in [0.1, 0.15) is 6.92 Å². The van der Waals surface area contributed by atoms with Crippen molar-refractivity contribution in [2.45, 2.75) is 12.8 Å². The highest BCUT2D eigenvalue weighted by atomic mass is 31.2. The normalized spacial score (nSPS) is 16.4. The number of benzene rings is 1. The van der Waals surface area contributed by atoms with E-state index in [1.807, 2.05) is 0 Å². The van der Waals surface area contributed by atoms with Gasteiger partial charge in [0.15, 0.2) is 0 Å². The summed E-state index contributed by atoms with van der Waals surface area (Å²) in [5.74, 6) is -3.59. The van der Waals surface area contributed by atoms with Gasteiger partial charge in [0, 0.05) is 5.30 Å². The van der Waals surface area contributed by atoms with Gasteiger partial charge in [0.2, 0.25) is 5.85 Å². The molecule has 0 saturated carbocycles. The van der Waals surface area contributed by atoms with E-state index < -0.39 is 19.2 Å². The van der Waals surface area contributed by atoms with E-state index in [9.17, 15) is 14.5 Å². The Morgan fingerprint density at radius 3 is 2.44 bits per heavy atom. The van der Waals surface area contributed by atoms with Gasteiger partial charge in [-0.25, -0.2) is 4.79 Å². The summed E-state index contributed by atoms with van der Waals surface area (Å²) in [7, 11) is -3.76. The second kappa shape index (κ2) is 5.25. The first kappa shape index (κ1) is 12.9. The molecule has 0 aromatic heterocycles. The van der Waals surface area contributed by atoms with Crippen LogP contribution in [0.5, 0.6) is 0 Å². The minimum atomic E-state index is -3.76. The fraction of sp³-hybridized carbons (Fsp3) is 0.300. The minimum absolute atomic E-state index is 0.0660. The summed E-state index contributed by atoms with van der Waals surface area (Å²) in [4.78, 5) is 10.7. The zero-order valence-electron chi connectivity index (χ0n) is 8.74. The molecule has 0 saturated heterocycles. The van der Waals surface area contributed by atoms with E-state index in [0.717, 1.165) is 0 Å². The Balaban J connectivity index is 3.17. The van der Waals surface area contributed by atoms with E-state index in [0.29, 0.717) is 0 Å². The monoisotopic (exact) mass is 244 g/mol. The SMILES string of the molecule is CCOP(=O)(c1ccccc1)C(O)C(=O)O. The van der Waals surface area contributed by atoms with Crippen LogP contribution >= 0.6 is 7.37 Å². The van der Waals surface area contributed by atoms with E-state index in [4.69, 9.17) is 9.63 Å². The number of aliphatic hydroxyl groups is 1. The fourth-order valence-electron chi connectivity index (χ4n) is 1.26. The Morgan fingerprint density at radius 2 is 2.00 bits per heavy atom. The molecular formula is C10H13O5P. The number of hydrogen-bond donors (Lipinski definition) is 2. The van der Waals surface area contributed by atoms with Crippen molar-refractivity contribution in [3.63, 3.8) is 0 Å². The maximum atomic E-state index is 12.3. The molecule has 2 atom stereocenters. The molecule has 0 aliphatic heterocycles. The molecule has 0 fully saturated rings. The first-order valence-corrected chi connectivity index (χ1v) is 6.42. The van der Waals surface area contributed by atoms with E-state index in [1.54, 1.807) is 25.1 Å². The molecule has 0 aliphatic rings. The number of carboxylic acids is 1. The van der Waals surface area contributed by atoms with Gasteiger partial charge in [0.25, 0.3) is 7.37 Å². The van der Waals surface area contributed by atoms with Gasteiger partial charge >= 0.3 is 5.97 Å². The first-order valence-electron chi connectivity index (χ1n) is 4.73. The number of carboxylic acid groups (broad SMARTS) is 1. The molecule has 0 aliphatic carbocycles. The summed E-state index contributed by atoms with van der Waals surface area (Å²) in [6.45, 7) is 1.65. The molecule has 1 aromatic rings. The van der Waals surface area contributed by atoms with Gasteiger partial charge in [-0.05, 0) is 19.1 Å². The van der Waals surface area contributed by atoms with Crippen LogP contribution in [-0.4, -0.2) is 28.6 Å². The Morgan fingerprint density at radius 1 is 1.44 bits per heavy atom. The second-order valence-corrected chi connectivity index (χ2v) is 5.52. The van der Waals surface area contributed by atoms with Gasteiger partial charge in [-0.15, -0.1) is 0 Å². The Bertz CT molecular complexity index is 403. The molecule has 0 heterocycles. The summed E-state index contributed by atoms with van der Waals surface area (Å²) in [5, 5.41) is 18.3. The highest BCUT2D eigenvalue weighted by Gasteiger charge is 2.39. The third kappa shape index (κ3) is 2.50. The van der Waals surface area contributed by atoms with Crippen LogP contribution in [0.4, 0.5) is 0 Å². The molecule has 1 rings (SSSR count). The molecule has 6 heteroatoms. The summed E-state index contributed by atoms with van der Waals surface area (Å²) >= 11 is 0. The van der Waals surface area contributed by atoms with Crippen LogP contribution in [0, 0.1) is 0 Å². The third-order valence-corrected chi connectivity index (χ3v) is 4.50. The number of aliphatic carboxylic acids is 1. The molecule has 16 heavy (non-hydrogen) atoms. The maximum absolute atomic E-state index is 12.3. The van der Waals surface area contributed by atoms with Gasteiger partial charge in [-0.1, -0.05) is 18.2 Å². The van der Waals surface area contributed by atoms with Crippen LogP contribution in [0.25, 0.3) is 0 Å². The van der Waals surface area contributed by atoms with Crippen molar-refractivity contribution in [2.24, 2.45) is 0 Å². The predicted molar refractivity (Wildman–Crippen MR) is 59.0 cm³/mol. The molecule has 0 amide bonds. The van der Waals surface area contributed by atoms with Crippen molar-refractivity contribution < 1.29 is 24.1 Å². The van der Waals surface area contributed by atoms with Crippen LogP contribution in [0.3, 0.4) is 0 Å². The lowest BCUT2D eigenvalue weighted by atomic mass is 10.4. The van der Waals surface area contributed by atoms with Crippen molar-refractivity contribution in [2.75, 3.05) is 6.61 Å². The highest BCUT2D eigenvalue weighted by molar-refractivity contribution is 7.68. The predicted octanol–water partition coefficient (Wildman–Crippen LogP) is 1.03. The lowest BCUT2D eigenvalue weighted by Crippen LogP contribution is -2.26. The average Bonchev–Trinajstić information content (AvgIpc) is 2.29. The van der Waals surface area contributed by atoms with Gasteiger partial charge in [0.1, 0.15) is 0 Å². The molecule has 2 N–H and O–H groups in total. The molecule has 2 unspecified atom stereocenters. The Hall–Kier alpha value is -1.16. The standard InChI is InChI=1S/C10H13O5P/c1-2-15-16(14,10(13)9(11)12)8-6-4-3-5-7-8/h3-7,10,13H,2H2,1H3,(H,11,12). The molecular weight excluding hydrogens is 231 g/mol. The average molecular weight is 244 g/mol. The van der Waals surface area contributed by atoms with Crippen molar-refractivity contribution in [1.29, 1.82) is 0 Å². The molecule has 0 radical (unpaired) electrons. The van der Waals surface area contributed by atoms with E-state index in [2.05, 4.69) is 0 Å². The molecule has 0 bridgehead atoms. The van der Waals surface area contributed by atoms with E-state index in [-0.39, 0.29) is 11.9 Å². The van der Waals surface area contributed by atoms with Gasteiger partial charge in [-0.3, -0.25) is 4.57 Å². The zero-order valence-corrected chi connectivity index (χ0v) is 9.63. The number of carbonyl (C=O) groups is 1. The largest absolute Gasteiger partial charge is 0.479 e. The van der Waals surface area contributed by atoms with Gasteiger partial charge in [0.05, 0.1) is 6.61 Å². The van der Waals surface area contributed by atoms with Crippen LogP contribution in [0.2, 0.25) is 0 Å². The van der Waals surface area contributed by atoms with Crippen LogP contribution in [-0.2, 0) is 13.9 Å². The summed E-state index contributed by atoms with van der Waals surface area (Å²) in [5.41, 5.74) is 0. The summed E-state index contributed by atoms with van der Waals surface area (Å²) in [6.07, 6.45) is 0. The zero-order chi connectivity index (χ0) is 12.2. The van der Waals surface area contributed by atoms with Crippen molar-refractivity contribution in [1.82, 2.24) is 0 Å². The summed E-state index contributed by atoms with van der Waals surface area (Å²) in [6, 6.07) is 7.86. The molecule has 0 spiro atoms. The molecule has 88 valence electrons. The lowest BCUT2D eigenvalue weighted by molar-refractivity contribution is -0.142. The van der Waals surface area contributed by atoms with Crippen molar-refractivity contribution in [3.05, 3.63) is 30.3 Å². The van der Waals surface area contributed by atoms with E-state index >= 15 is 0 Å². The number of hydrogen-bond acceptors (Lipinski definition) is 4. The van der Waals surface area contributed by atoms with Crippen LogP contribution < -0.4 is 5.30 Å². The maximum Gasteiger partial charge on any atom is 0.343 e. The summed E-state index contributed by atoms with van der Waals surface area (Å²) < 4.78 is 17.3. The van der Waals surface area contributed by atoms with E-state index in [1.165, 1.54) is 12.1 Å². The second-order valence-electron chi connectivity index (χ2n) is 3.06. The quantitative estimate of drug-likeness (QED) is 0.756. The van der Waals surface area contributed by atoms with Gasteiger partial charge < -0.3 is 14.7 Å². The van der Waals surface area contributed by atoms with Crippen molar-refractivity contribution in [3.8, 4) is 0 Å². The highest BCUT2D eigenvalue weighted by Crippen LogP contribution is 2.49. The fourth-order valence-corrected chi connectivity index (χ4v) is 3.09. The van der Waals surface area contributed by atoms with Crippen LogP contribution in [0.15, 0.2) is 30.3 Å². The number of rotatable bonds is 5. The number of aliphatic hydroxyl groups excluding tert-OH is 1. The Kier molecular flexibility index (Phi) is 4.24. The van der Waals surface area contributed by atoms with Gasteiger partial charge in [-0.2, -0.15) is 0 Å².